The van der Waals surface area contributed by atoms with Crippen LogP contribution in [0.1, 0.15) is 27.7 Å². The molecular formula is C20H20ClFN2O2. The van der Waals surface area contributed by atoms with Gasteiger partial charge in [-0.1, -0.05) is 30.3 Å². The number of fused-ring (bicyclic) bond motifs is 1. The van der Waals surface area contributed by atoms with Gasteiger partial charge in [0.1, 0.15) is 11.4 Å². The number of carbonyl (C=O) groups is 1. The van der Waals surface area contributed by atoms with Gasteiger partial charge < -0.3 is 14.6 Å². The van der Waals surface area contributed by atoms with Crippen LogP contribution in [0.2, 0.25) is 0 Å². The molecule has 4 rings (SSSR count). The van der Waals surface area contributed by atoms with Crippen LogP contribution in [0, 0.1) is 12.7 Å². The van der Waals surface area contributed by atoms with Crippen molar-refractivity contribution in [3.63, 3.8) is 0 Å². The minimum atomic E-state index is -0.296. The highest BCUT2D eigenvalue weighted by molar-refractivity contribution is 5.97. The molecule has 1 saturated heterocycles. The highest BCUT2D eigenvalue weighted by atomic mass is 35.5. The molecule has 0 saturated carbocycles. The van der Waals surface area contributed by atoms with Crippen molar-refractivity contribution < 1.29 is 13.6 Å². The highest BCUT2D eigenvalue weighted by Gasteiger charge is 2.30. The van der Waals surface area contributed by atoms with E-state index in [9.17, 15) is 9.18 Å². The lowest BCUT2D eigenvalue weighted by molar-refractivity contribution is 0.0603. The first-order chi connectivity index (χ1) is 12.1. The SMILES string of the molecule is Cc1cccc2cc(C(=O)N3CCNCC3c3cccc(F)c3)oc12.Cl. The number of amides is 1. The quantitative estimate of drug-likeness (QED) is 0.734. The van der Waals surface area contributed by atoms with Gasteiger partial charge in [-0.25, -0.2) is 4.39 Å². The van der Waals surface area contributed by atoms with Crippen LogP contribution < -0.4 is 5.32 Å². The van der Waals surface area contributed by atoms with Gasteiger partial charge in [-0.05, 0) is 36.2 Å². The molecule has 6 heteroatoms. The van der Waals surface area contributed by atoms with Crippen LogP contribution in [0.4, 0.5) is 4.39 Å². The number of para-hydroxylation sites is 1. The summed E-state index contributed by atoms with van der Waals surface area (Å²) in [5.41, 5.74) is 2.52. The standard InChI is InChI=1S/C20H19FN2O2.ClH/c1-13-4-2-6-15-11-18(25-19(13)15)20(24)23-9-8-22-12-17(23)14-5-3-7-16(21)10-14;/h2-7,10-11,17,22H,8-9,12H2,1H3;1H. The number of rotatable bonds is 2. The number of aryl methyl sites for hydroxylation is 1. The Morgan fingerprint density at radius 2 is 2.04 bits per heavy atom. The van der Waals surface area contributed by atoms with Gasteiger partial charge in [0, 0.05) is 25.0 Å². The van der Waals surface area contributed by atoms with Crippen molar-refractivity contribution in [3.8, 4) is 0 Å². The normalized spacial score (nSPS) is 17.2. The van der Waals surface area contributed by atoms with Gasteiger partial charge in [0.15, 0.2) is 5.76 Å². The fourth-order valence-corrected chi connectivity index (χ4v) is 3.41. The van der Waals surface area contributed by atoms with Crippen molar-refractivity contribution in [2.45, 2.75) is 13.0 Å². The second-order valence-electron chi connectivity index (χ2n) is 6.38. The topological polar surface area (TPSA) is 45.5 Å². The molecule has 1 aliphatic rings. The van der Waals surface area contributed by atoms with E-state index in [4.69, 9.17) is 4.42 Å². The van der Waals surface area contributed by atoms with Crippen molar-refractivity contribution >= 4 is 29.3 Å². The lowest BCUT2D eigenvalue weighted by atomic mass is 10.0. The first-order valence-electron chi connectivity index (χ1n) is 8.40. The van der Waals surface area contributed by atoms with Crippen LogP contribution in [0.3, 0.4) is 0 Å². The van der Waals surface area contributed by atoms with Gasteiger partial charge in [-0.15, -0.1) is 12.4 Å². The van der Waals surface area contributed by atoms with Crippen molar-refractivity contribution in [2.24, 2.45) is 0 Å². The molecule has 4 nitrogen and oxygen atoms in total. The summed E-state index contributed by atoms with van der Waals surface area (Å²) in [5, 5.41) is 4.20. The van der Waals surface area contributed by atoms with Crippen molar-refractivity contribution in [3.05, 3.63) is 71.2 Å². The van der Waals surface area contributed by atoms with E-state index in [1.807, 2.05) is 31.2 Å². The summed E-state index contributed by atoms with van der Waals surface area (Å²) in [6.07, 6.45) is 0. The molecule has 1 fully saturated rings. The fourth-order valence-electron chi connectivity index (χ4n) is 3.41. The minimum Gasteiger partial charge on any atom is -0.451 e. The fraction of sp³-hybridized carbons (Fsp3) is 0.250. The number of benzene rings is 2. The molecule has 1 N–H and O–H groups in total. The molecule has 1 aliphatic heterocycles. The lowest BCUT2D eigenvalue weighted by Crippen LogP contribution is -2.48. The molecule has 2 aromatic carbocycles. The number of nitrogens with zero attached hydrogens (tertiary/aromatic N) is 1. The molecule has 1 amide bonds. The van der Waals surface area contributed by atoms with E-state index in [1.165, 1.54) is 12.1 Å². The molecule has 1 atom stereocenters. The Labute approximate surface area is 157 Å². The third-order valence-corrected chi connectivity index (χ3v) is 4.69. The zero-order valence-electron chi connectivity index (χ0n) is 14.4. The second-order valence-corrected chi connectivity index (χ2v) is 6.38. The third-order valence-electron chi connectivity index (χ3n) is 4.69. The predicted molar refractivity (Wildman–Crippen MR) is 101 cm³/mol. The Morgan fingerprint density at radius 3 is 2.81 bits per heavy atom. The van der Waals surface area contributed by atoms with Crippen LogP contribution in [-0.2, 0) is 0 Å². The van der Waals surface area contributed by atoms with E-state index >= 15 is 0 Å². The lowest BCUT2D eigenvalue weighted by Gasteiger charge is -2.36. The second kappa shape index (κ2) is 7.48. The van der Waals surface area contributed by atoms with Gasteiger partial charge in [0.2, 0.25) is 0 Å². The zero-order chi connectivity index (χ0) is 17.4. The maximum absolute atomic E-state index is 13.6. The van der Waals surface area contributed by atoms with E-state index in [1.54, 1.807) is 17.0 Å². The predicted octanol–water partition coefficient (Wildman–Crippen LogP) is 4.09. The zero-order valence-corrected chi connectivity index (χ0v) is 15.2. The average molecular weight is 375 g/mol. The van der Waals surface area contributed by atoms with Gasteiger partial charge >= 0.3 is 0 Å². The van der Waals surface area contributed by atoms with Gasteiger partial charge in [0.25, 0.3) is 5.91 Å². The number of hydrogen-bond donors (Lipinski definition) is 1. The highest BCUT2D eigenvalue weighted by Crippen LogP contribution is 2.28. The molecule has 3 aromatic rings. The summed E-state index contributed by atoms with van der Waals surface area (Å²) in [6, 6.07) is 13.8. The first-order valence-corrected chi connectivity index (χ1v) is 8.40. The number of hydrogen-bond acceptors (Lipinski definition) is 3. The minimum absolute atomic E-state index is 0. The van der Waals surface area contributed by atoms with Crippen molar-refractivity contribution in [2.75, 3.05) is 19.6 Å². The Kier molecular flexibility index (Phi) is 5.30. The number of nitrogens with one attached hydrogen (secondary N) is 1. The maximum Gasteiger partial charge on any atom is 0.290 e. The molecule has 1 aromatic heterocycles. The van der Waals surface area contributed by atoms with Crippen LogP contribution in [0.5, 0.6) is 0 Å². The maximum atomic E-state index is 13.6. The van der Waals surface area contributed by atoms with Crippen molar-refractivity contribution in [1.29, 1.82) is 0 Å². The molecule has 1 unspecified atom stereocenters. The summed E-state index contributed by atoms with van der Waals surface area (Å²) >= 11 is 0. The van der Waals surface area contributed by atoms with Gasteiger partial charge in [-0.3, -0.25) is 4.79 Å². The molecule has 0 bridgehead atoms. The number of carbonyl (C=O) groups excluding carboxylic acids is 1. The Balaban J connectivity index is 0.00000196. The summed E-state index contributed by atoms with van der Waals surface area (Å²) in [6.45, 7) is 3.81. The largest absolute Gasteiger partial charge is 0.451 e. The van der Waals surface area contributed by atoms with E-state index in [-0.39, 0.29) is 30.2 Å². The number of piperazine rings is 1. The Morgan fingerprint density at radius 1 is 1.23 bits per heavy atom. The molecule has 0 radical (unpaired) electrons. The van der Waals surface area contributed by atoms with Gasteiger partial charge in [0.05, 0.1) is 6.04 Å². The Hall–Kier alpha value is -2.37. The van der Waals surface area contributed by atoms with E-state index < -0.39 is 0 Å². The third kappa shape index (κ3) is 3.32. The molecule has 2 heterocycles. The molecular weight excluding hydrogens is 355 g/mol. The van der Waals surface area contributed by atoms with Crippen LogP contribution in [0.15, 0.2) is 52.9 Å². The van der Waals surface area contributed by atoms with E-state index in [2.05, 4.69) is 5.32 Å². The molecule has 136 valence electrons. The van der Waals surface area contributed by atoms with Crippen LogP contribution in [-0.4, -0.2) is 30.4 Å². The molecule has 26 heavy (non-hydrogen) atoms. The molecule has 0 spiro atoms. The van der Waals surface area contributed by atoms with Crippen LogP contribution >= 0.6 is 12.4 Å². The number of halogens is 2. The summed E-state index contributed by atoms with van der Waals surface area (Å²) in [4.78, 5) is 14.8. The Bertz CT molecular complexity index is 940. The van der Waals surface area contributed by atoms with Gasteiger partial charge in [-0.2, -0.15) is 0 Å². The summed E-state index contributed by atoms with van der Waals surface area (Å²) < 4.78 is 19.5. The average Bonchev–Trinajstić information content (AvgIpc) is 3.07. The van der Waals surface area contributed by atoms with Crippen molar-refractivity contribution in [1.82, 2.24) is 10.2 Å². The van der Waals surface area contributed by atoms with E-state index in [0.29, 0.717) is 25.4 Å². The molecule has 0 aliphatic carbocycles. The van der Waals surface area contributed by atoms with E-state index in [0.717, 1.165) is 22.1 Å². The summed E-state index contributed by atoms with van der Waals surface area (Å²) in [5.74, 6) is -0.131. The number of furan rings is 1. The van der Waals surface area contributed by atoms with Crippen LogP contribution in [0.25, 0.3) is 11.0 Å². The monoisotopic (exact) mass is 374 g/mol. The first kappa shape index (κ1) is 18.4. The smallest absolute Gasteiger partial charge is 0.290 e. The summed E-state index contributed by atoms with van der Waals surface area (Å²) in [7, 11) is 0.